The van der Waals surface area contributed by atoms with E-state index in [0.29, 0.717) is 19.8 Å². The molecule has 32 heavy (non-hydrogen) atoms. The average molecular weight is 435 g/mol. The highest BCUT2D eigenvalue weighted by atomic mass is 16.7. The summed E-state index contributed by atoms with van der Waals surface area (Å²) in [5.41, 5.74) is 3.13. The molecular formula is C27H30O5. The molecule has 5 atom stereocenters. The Morgan fingerprint density at radius 2 is 0.969 bits per heavy atom. The third-order valence-electron chi connectivity index (χ3n) is 5.60. The number of benzene rings is 3. The van der Waals surface area contributed by atoms with Crippen molar-refractivity contribution < 1.29 is 24.1 Å². The van der Waals surface area contributed by atoms with Crippen LogP contribution in [-0.2, 0) is 38.8 Å². The molecule has 168 valence electrons. The molecule has 1 N–H and O–H groups in total. The lowest BCUT2D eigenvalue weighted by Crippen LogP contribution is -2.59. The molecule has 0 saturated carbocycles. The van der Waals surface area contributed by atoms with Gasteiger partial charge in [-0.15, -0.1) is 0 Å². The molecule has 3 aromatic carbocycles. The number of aliphatic hydroxyl groups excluding tert-OH is 1. The van der Waals surface area contributed by atoms with Crippen molar-refractivity contribution in [3.8, 4) is 0 Å². The van der Waals surface area contributed by atoms with Crippen LogP contribution in [0.5, 0.6) is 0 Å². The smallest absolute Gasteiger partial charge is 0.184 e. The summed E-state index contributed by atoms with van der Waals surface area (Å²) in [6, 6.07) is 29.8. The Morgan fingerprint density at radius 1 is 0.594 bits per heavy atom. The fourth-order valence-corrected chi connectivity index (χ4v) is 3.89. The minimum Gasteiger partial charge on any atom is -0.368 e. The molecule has 4 rings (SSSR count). The fourth-order valence-electron chi connectivity index (χ4n) is 3.89. The number of hydrogen-bond donors (Lipinski definition) is 1. The van der Waals surface area contributed by atoms with Gasteiger partial charge in [0, 0.05) is 0 Å². The summed E-state index contributed by atoms with van der Waals surface area (Å²) in [7, 11) is 0. The van der Waals surface area contributed by atoms with Crippen LogP contribution in [0.2, 0.25) is 0 Å². The van der Waals surface area contributed by atoms with Gasteiger partial charge in [-0.1, -0.05) is 91.0 Å². The molecule has 0 spiro atoms. The predicted molar refractivity (Wildman–Crippen MR) is 122 cm³/mol. The highest BCUT2D eigenvalue weighted by Gasteiger charge is 2.46. The van der Waals surface area contributed by atoms with Gasteiger partial charge in [0.1, 0.15) is 18.3 Å². The summed E-state index contributed by atoms with van der Waals surface area (Å²) in [6.45, 7) is 3.05. The second kappa shape index (κ2) is 11.4. The van der Waals surface area contributed by atoms with E-state index < -0.39 is 24.6 Å². The van der Waals surface area contributed by atoms with Crippen LogP contribution in [0.3, 0.4) is 0 Å². The van der Waals surface area contributed by atoms with E-state index in [1.54, 1.807) is 0 Å². The van der Waals surface area contributed by atoms with Crippen molar-refractivity contribution in [2.45, 2.75) is 57.5 Å². The Hall–Kier alpha value is -2.54. The first-order valence-electron chi connectivity index (χ1n) is 11.0. The Labute approximate surface area is 189 Å². The molecule has 0 aliphatic carbocycles. The first-order chi connectivity index (χ1) is 15.7. The second-order valence-electron chi connectivity index (χ2n) is 8.02. The molecule has 1 unspecified atom stereocenters. The highest BCUT2D eigenvalue weighted by molar-refractivity contribution is 5.15. The van der Waals surface area contributed by atoms with Crippen molar-refractivity contribution in [3.63, 3.8) is 0 Å². The van der Waals surface area contributed by atoms with Crippen LogP contribution in [0, 0.1) is 0 Å². The van der Waals surface area contributed by atoms with Gasteiger partial charge in [0.25, 0.3) is 0 Å². The Bertz CT molecular complexity index is 863. The summed E-state index contributed by atoms with van der Waals surface area (Å²) < 4.78 is 24.5. The summed E-state index contributed by atoms with van der Waals surface area (Å²) in [5.74, 6) is 0. The average Bonchev–Trinajstić information content (AvgIpc) is 2.83. The lowest BCUT2D eigenvalue weighted by Gasteiger charge is -2.43. The van der Waals surface area contributed by atoms with Crippen molar-refractivity contribution in [1.82, 2.24) is 0 Å². The van der Waals surface area contributed by atoms with Crippen molar-refractivity contribution in [2.75, 3.05) is 0 Å². The Kier molecular flexibility index (Phi) is 8.04. The van der Waals surface area contributed by atoms with Crippen LogP contribution in [-0.4, -0.2) is 35.8 Å². The summed E-state index contributed by atoms with van der Waals surface area (Å²) in [6.07, 6.45) is -3.04. The molecule has 0 radical (unpaired) electrons. The van der Waals surface area contributed by atoms with Gasteiger partial charge in [0.05, 0.1) is 25.9 Å². The molecule has 0 amide bonds. The molecular weight excluding hydrogens is 404 g/mol. The minimum absolute atomic E-state index is 0.344. The SMILES string of the molecule is C[C@H]1OC(O)[C@@H](OCc2ccccc2)[C@H](OCc2ccccc2)[C@@H]1OCc1ccccc1. The topological polar surface area (TPSA) is 57.2 Å². The summed E-state index contributed by atoms with van der Waals surface area (Å²) in [5, 5.41) is 10.7. The lowest BCUT2D eigenvalue weighted by atomic mass is 9.98. The Morgan fingerprint density at radius 3 is 1.41 bits per heavy atom. The van der Waals surface area contributed by atoms with Gasteiger partial charge in [-0.25, -0.2) is 0 Å². The van der Waals surface area contributed by atoms with Crippen LogP contribution in [0.15, 0.2) is 91.0 Å². The van der Waals surface area contributed by atoms with Crippen molar-refractivity contribution in [2.24, 2.45) is 0 Å². The number of aliphatic hydroxyl groups is 1. The standard InChI is InChI=1S/C27H30O5/c1-20-24(29-17-21-11-5-2-6-12-21)25(30-18-22-13-7-3-8-14-22)26(27(28)32-20)31-19-23-15-9-4-10-16-23/h2-16,20,24-28H,17-19H2,1H3/t20-,24-,25-,26+,27?/m1/s1. The van der Waals surface area contributed by atoms with Crippen LogP contribution >= 0.6 is 0 Å². The van der Waals surface area contributed by atoms with Gasteiger partial charge in [-0.2, -0.15) is 0 Å². The molecule has 0 aromatic heterocycles. The monoisotopic (exact) mass is 434 g/mol. The zero-order valence-corrected chi connectivity index (χ0v) is 18.2. The van der Waals surface area contributed by atoms with E-state index in [1.165, 1.54) is 0 Å². The largest absolute Gasteiger partial charge is 0.368 e. The fraction of sp³-hybridized carbons (Fsp3) is 0.333. The van der Waals surface area contributed by atoms with Crippen LogP contribution in [0.4, 0.5) is 0 Å². The normalized spacial score (nSPS) is 25.5. The zero-order chi connectivity index (χ0) is 22.2. The maximum atomic E-state index is 10.7. The van der Waals surface area contributed by atoms with E-state index in [9.17, 15) is 5.11 Å². The van der Waals surface area contributed by atoms with Gasteiger partial charge in [-0.3, -0.25) is 0 Å². The molecule has 1 aliphatic rings. The summed E-state index contributed by atoms with van der Waals surface area (Å²) >= 11 is 0. The zero-order valence-electron chi connectivity index (χ0n) is 18.2. The van der Waals surface area contributed by atoms with E-state index in [0.717, 1.165) is 16.7 Å². The van der Waals surface area contributed by atoms with E-state index in [4.69, 9.17) is 18.9 Å². The van der Waals surface area contributed by atoms with Crippen molar-refractivity contribution in [3.05, 3.63) is 108 Å². The lowest BCUT2D eigenvalue weighted by molar-refractivity contribution is -0.308. The molecule has 5 nitrogen and oxygen atoms in total. The van der Waals surface area contributed by atoms with Crippen LogP contribution in [0.25, 0.3) is 0 Å². The van der Waals surface area contributed by atoms with Gasteiger partial charge in [0.2, 0.25) is 0 Å². The van der Waals surface area contributed by atoms with Crippen molar-refractivity contribution >= 4 is 0 Å². The van der Waals surface area contributed by atoms with Gasteiger partial charge >= 0.3 is 0 Å². The molecule has 1 fully saturated rings. The molecule has 1 aliphatic heterocycles. The van der Waals surface area contributed by atoms with E-state index in [1.807, 2.05) is 97.9 Å². The number of rotatable bonds is 9. The van der Waals surface area contributed by atoms with Gasteiger partial charge < -0.3 is 24.1 Å². The third kappa shape index (κ3) is 6.03. The maximum Gasteiger partial charge on any atom is 0.184 e. The number of hydrogen-bond acceptors (Lipinski definition) is 5. The Balaban J connectivity index is 1.50. The van der Waals surface area contributed by atoms with Gasteiger partial charge in [0.15, 0.2) is 6.29 Å². The molecule has 5 heteroatoms. The maximum absolute atomic E-state index is 10.7. The molecule has 0 bridgehead atoms. The second-order valence-corrected chi connectivity index (χ2v) is 8.02. The van der Waals surface area contributed by atoms with E-state index >= 15 is 0 Å². The highest BCUT2D eigenvalue weighted by Crippen LogP contribution is 2.29. The van der Waals surface area contributed by atoms with Gasteiger partial charge in [-0.05, 0) is 23.6 Å². The van der Waals surface area contributed by atoms with Crippen molar-refractivity contribution in [1.29, 1.82) is 0 Å². The first-order valence-corrected chi connectivity index (χ1v) is 11.0. The predicted octanol–water partition coefficient (Wildman–Crippen LogP) is 4.48. The third-order valence-corrected chi connectivity index (χ3v) is 5.60. The molecule has 1 saturated heterocycles. The minimum atomic E-state index is -1.11. The van der Waals surface area contributed by atoms with E-state index in [-0.39, 0.29) is 6.10 Å². The quantitative estimate of drug-likeness (QED) is 0.538. The molecule has 3 aromatic rings. The summed E-state index contributed by atoms with van der Waals surface area (Å²) in [4.78, 5) is 0. The first kappa shape index (κ1) is 22.6. The van der Waals surface area contributed by atoms with E-state index in [2.05, 4.69) is 0 Å². The molecule has 1 heterocycles. The number of ether oxygens (including phenoxy) is 4. The van der Waals surface area contributed by atoms with Crippen LogP contribution < -0.4 is 0 Å². The van der Waals surface area contributed by atoms with Crippen LogP contribution in [0.1, 0.15) is 23.6 Å².